The third-order valence-electron chi connectivity index (χ3n) is 2.71. The largest absolute Gasteiger partial charge is 0.493 e. The van der Waals surface area contributed by atoms with E-state index in [0.717, 1.165) is 29.7 Å². The highest BCUT2D eigenvalue weighted by Crippen LogP contribution is 2.30. The minimum absolute atomic E-state index is 0.363. The molecule has 4 heteroatoms. The topological polar surface area (TPSA) is 41.8 Å². The van der Waals surface area contributed by atoms with Gasteiger partial charge in [0.15, 0.2) is 0 Å². The zero-order chi connectivity index (χ0) is 11.4. The fraction of sp³-hybridized carbons (Fsp3) is 0.417. The Kier molecular flexibility index (Phi) is 3.39. The van der Waals surface area contributed by atoms with Crippen molar-refractivity contribution in [1.29, 1.82) is 0 Å². The molecule has 0 saturated carbocycles. The number of hydrogen-bond donors (Lipinski definition) is 1. The maximum Gasteiger partial charge on any atom is 0.123 e. The van der Waals surface area contributed by atoms with Crippen LogP contribution in [0.25, 0.3) is 0 Å². The monoisotopic (exact) mass is 223 g/mol. The predicted octanol–water partition coefficient (Wildman–Crippen LogP) is 2.55. The summed E-state index contributed by atoms with van der Waals surface area (Å²) in [7, 11) is 0. The molecular weight excluding hydrogens is 209 g/mol. The number of ether oxygens (including phenoxy) is 1. The van der Waals surface area contributed by atoms with Crippen molar-refractivity contribution in [2.24, 2.45) is 5.16 Å². The average Bonchev–Trinajstić information content (AvgIpc) is 2.73. The fourth-order valence-corrected chi connectivity index (χ4v) is 1.95. The SMILES string of the molecule is O/N=C1/CCc2c(OCCCF)cccc21. The minimum Gasteiger partial charge on any atom is -0.493 e. The zero-order valence-electron chi connectivity index (χ0n) is 8.95. The summed E-state index contributed by atoms with van der Waals surface area (Å²) in [5.41, 5.74) is 2.71. The van der Waals surface area contributed by atoms with Crippen molar-refractivity contribution in [2.75, 3.05) is 13.3 Å². The van der Waals surface area contributed by atoms with Crippen LogP contribution in [0.1, 0.15) is 24.0 Å². The lowest BCUT2D eigenvalue weighted by atomic mass is 10.1. The maximum absolute atomic E-state index is 12.0. The lowest BCUT2D eigenvalue weighted by Gasteiger charge is -2.09. The number of fused-ring (bicyclic) bond motifs is 1. The van der Waals surface area contributed by atoms with Crippen LogP contribution < -0.4 is 4.74 Å². The van der Waals surface area contributed by atoms with Crippen LogP contribution in [0.15, 0.2) is 23.4 Å². The third-order valence-corrected chi connectivity index (χ3v) is 2.71. The van der Waals surface area contributed by atoms with Gasteiger partial charge in [-0.15, -0.1) is 0 Å². The fourth-order valence-electron chi connectivity index (χ4n) is 1.95. The van der Waals surface area contributed by atoms with Gasteiger partial charge < -0.3 is 9.94 Å². The van der Waals surface area contributed by atoms with Crippen LogP contribution in [0.4, 0.5) is 4.39 Å². The van der Waals surface area contributed by atoms with Gasteiger partial charge in [-0.2, -0.15) is 0 Å². The molecule has 1 aromatic rings. The van der Waals surface area contributed by atoms with Crippen molar-refractivity contribution in [3.05, 3.63) is 29.3 Å². The molecule has 3 nitrogen and oxygen atoms in total. The smallest absolute Gasteiger partial charge is 0.123 e. The van der Waals surface area contributed by atoms with E-state index in [4.69, 9.17) is 9.94 Å². The number of benzene rings is 1. The number of halogens is 1. The van der Waals surface area contributed by atoms with Gasteiger partial charge in [-0.25, -0.2) is 0 Å². The molecule has 0 atom stereocenters. The Bertz CT molecular complexity index is 404. The van der Waals surface area contributed by atoms with Gasteiger partial charge in [-0.05, 0) is 18.9 Å². The van der Waals surface area contributed by atoms with Crippen LogP contribution in [-0.2, 0) is 6.42 Å². The van der Waals surface area contributed by atoms with Gasteiger partial charge in [0.25, 0.3) is 0 Å². The first-order chi connectivity index (χ1) is 7.86. The highest BCUT2D eigenvalue weighted by molar-refractivity contribution is 6.04. The Morgan fingerprint density at radius 2 is 2.25 bits per heavy atom. The molecule has 0 radical (unpaired) electrons. The molecule has 0 amide bonds. The lowest BCUT2D eigenvalue weighted by Crippen LogP contribution is -2.01. The first kappa shape index (κ1) is 10.9. The minimum atomic E-state index is -0.363. The van der Waals surface area contributed by atoms with Gasteiger partial charge in [-0.1, -0.05) is 17.3 Å². The lowest BCUT2D eigenvalue weighted by molar-refractivity contribution is 0.287. The number of hydrogen-bond acceptors (Lipinski definition) is 3. The molecule has 2 rings (SSSR count). The molecule has 0 unspecified atom stereocenters. The van der Waals surface area contributed by atoms with Crippen molar-refractivity contribution < 1.29 is 14.3 Å². The molecule has 0 heterocycles. The Labute approximate surface area is 93.5 Å². The molecule has 86 valence electrons. The second-order valence-corrected chi connectivity index (χ2v) is 3.72. The Balaban J connectivity index is 2.19. The molecule has 0 saturated heterocycles. The summed E-state index contributed by atoms with van der Waals surface area (Å²) >= 11 is 0. The van der Waals surface area contributed by atoms with E-state index in [1.54, 1.807) is 0 Å². The molecule has 16 heavy (non-hydrogen) atoms. The second kappa shape index (κ2) is 4.96. The molecule has 1 aromatic carbocycles. The summed E-state index contributed by atoms with van der Waals surface area (Å²) in [6.45, 7) is 0.0247. The Morgan fingerprint density at radius 3 is 3.00 bits per heavy atom. The number of nitrogens with zero attached hydrogens (tertiary/aromatic N) is 1. The van der Waals surface area contributed by atoms with Crippen molar-refractivity contribution in [3.8, 4) is 5.75 Å². The van der Waals surface area contributed by atoms with E-state index < -0.39 is 0 Å². The normalized spacial score (nSPS) is 16.4. The molecule has 1 N–H and O–H groups in total. The van der Waals surface area contributed by atoms with E-state index in [2.05, 4.69) is 5.16 Å². The van der Waals surface area contributed by atoms with Crippen molar-refractivity contribution in [3.63, 3.8) is 0 Å². The van der Waals surface area contributed by atoms with Crippen LogP contribution >= 0.6 is 0 Å². The molecule has 1 aliphatic rings. The van der Waals surface area contributed by atoms with Gasteiger partial charge in [0.1, 0.15) is 5.75 Å². The summed E-state index contributed by atoms with van der Waals surface area (Å²) in [5.74, 6) is 0.782. The third kappa shape index (κ3) is 2.01. The van der Waals surface area contributed by atoms with E-state index in [1.807, 2.05) is 18.2 Å². The standard InChI is InChI=1S/C12H14FNO2/c13-7-2-8-16-12-4-1-3-9-10(12)5-6-11(9)14-15/h1,3-4,15H,2,5-8H2/b14-11-. The van der Waals surface area contributed by atoms with Crippen molar-refractivity contribution in [1.82, 2.24) is 0 Å². The summed E-state index contributed by atoms with van der Waals surface area (Å²) in [6.07, 6.45) is 1.96. The highest BCUT2D eigenvalue weighted by Gasteiger charge is 2.21. The first-order valence-corrected chi connectivity index (χ1v) is 5.38. The summed E-state index contributed by atoms with van der Waals surface area (Å²) < 4.78 is 17.5. The van der Waals surface area contributed by atoms with E-state index >= 15 is 0 Å². The zero-order valence-corrected chi connectivity index (χ0v) is 8.95. The number of alkyl halides is 1. The van der Waals surface area contributed by atoms with Crippen LogP contribution in [-0.4, -0.2) is 24.2 Å². The van der Waals surface area contributed by atoms with Crippen molar-refractivity contribution in [2.45, 2.75) is 19.3 Å². The average molecular weight is 223 g/mol. The van der Waals surface area contributed by atoms with Crippen molar-refractivity contribution >= 4 is 5.71 Å². The van der Waals surface area contributed by atoms with E-state index in [0.29, 0.717) is 18.7 Å². The van der Waals surface area contributed by atoms with Crippen LogP contribution in [0, 0.1) is 0 Å². The number of rotatable bonds is 4. The Hall–Kier alpha value is -1.58. The molecule has 0 fully saturated rings. The molecule has 1 aliphatic carbocycles. The number of oxime groups is 1. The highest BCUT2D eigenvalue weighted by atomic mass is 19.1. The van der Waals surface area contributed by atoms with E-state index in [9.17, 15) is 4.39 Å². The maximum atomic E-state index is 12.0. The molecule has 0 spiro atoms. The van der Waals surface area contributed by atoms with Gasteiger partial charge in [0.2, 0.25) is 0 Å². The van der Waals surface area contributed by atoms with Crippen LogP contribution in [0.3, 0.4) is 0 Å². The van der Waals surface area contributed by atoms with E-state index in [1.165, 1.54) is 0 Å². The van der Waals surface area contributed by atoms with Crippen LogP contribution in [0.2, 0.25) is 0 Å². The molecule has 0 aromatic heterocycles. The van der Waals surface area contributed by atoms with Crippen LogP contribution in [0.5, 0.6) is 5.75 Å². The Morgan fingerprint density at radius 1 is 1.38 bits per heavy atom. The first-order valence-electron chi connectivity index (χ1n) is 5.38. The molecule has 0 bridgehead atoms. The summed E-state index contributed by atoms with van der Waals surface area (Å²) in [4.78, 5) is 0. The molecule has 0 aliphatic heterocycles. The quantitative estimate of drug-likeness (QED) is 0.484. The van der Waals surface area contributed by atoms with Gasteiger partial charge in [0, 0.05) is 17.5 Å². The van der Waals surface area contributed by atoms with E-state index in [-0.39, 0.29) is 6.67 Å². The van der Waals surface area contributed by atoms with Gasteiger partial charge in [0.05, 0.1) is 19.0 Å². The van der Waals surface area contributed by atoms with Gasteiger partial charge in [-0.3, -0.25) is 4.39 Å². The van der Waals surface area contributed by atoms with Gasteiger partial charge >= 0.3 is 0 Å². The second-order valence-electron chi connectivity index (χ2n) is 3.72. The summed E-state index contributed by atoms with van der Waals surface area (Å²) in [5, 5.41) is 12.1. The molecular formula is C12H14FNO2. The summed E-state index contributed by atoms with van der Waals surface area (Å²) in [6, 6.07) is 5.65. The predicted molar refractivity (Wildman–Crippen MR) is 59.2 cm³/mol.